The molecule has 2 aromatic heterocycles. The van der Waals surface area contributed by atoms with Crippen LogP contribution in [0.1, 0.15) is 17.6 Å². The second-order valence-corrected chi connectivity index (χ2v) is 5.60. The molecule has 0 radical (unpaired) electrons. The minimum atomic E-state index is -0.524. The molecule has 8 heteroatoms. The Balaban J connectivity index is 1.47. The van der Waals surface area contributed by atoms with Gasteiger partial charge in [-0.1, -0.05) is 17.3 Å². The van der Waals surface area contributed by atoms with Gasteiger partial charge in [0.15, 0.2) is 11.4 Å². The van der Waals surface area contributed by atoms with Crippen molar-refractivity contribution in [3.8, 4) is 0 Å². The summed E-state index contributed by atoms with van der Waals surface area (Å²) in [6.45, 7) is 2.76. The number of hydrogen-bond donors (Lipinski definition) is 0. The van der Waals surface area contributed by atoms with Crippen LogP contribution in [0.4, 0.5) is 0 Å². The molecule has 1 aromatic carbocycles. The topological polar surface area (TPSA) is 94.4 Å². The fourth-order valence-electron chi connectivity index (χ4n) is 2.72. The summed E-state index contributed by atoms with van der Waals surface area (Å²) in [4.78, 5) is 30.0. The molecule has 0 saturated carbocycles. The average molecular weight is 314 g/mol. The molecule has 8 nitrogen and oxygen atoms in total. The quantitative estimate of drug-likeness (QED) is 0.713. The minimum absolute atomic E-state index is 0.0363. The zero-order chi connectivity index (χ0) is 16.0. The highest BCUT2D eigenvalue weighted by atomic mass is 16.5. The van der Waals surface area contributed by atoms with Crippen molar-refractivity contribution in [2.45, 2.75) is 19.4 Å². The van der Waals surface area contributed by atoms with E-state index in [1.807, 2.05) is 0 Å². The van der Waals surface area contributed by atoms with Crippen LogP contribution in [0.25, 0.3) is 11.1 Å². The molecule has 118 valence electrons. The molecular weight excluding hydrogens is 300 g/mol. The first-order valence-electron chi connectivity index (χ1n) is 7.28. The lowest BCUT2D eigenvalue weighted by molar-refractivity contribution is -0.136. The highest BCUT2D eigenvalue weighted by Crippen LogP contribution is 2.26. The van der Waals surface area contributed by atoms with Gasteiger partial charge in [-0.05, 0) is 19.1 Å². The van der Waals surface area contributed by atoms with E-state index in [2.05, 4.69) is 10.1 Å². The van der Waals surface area contributed by atoms with E-state index in [-0.39, 0.29) is 18.4 Å². The van der Waals surface area contributed by atoms with Gasteiger partial charge in [0.1, 0.15) is 6.54 Å². The molecule has 1 aliphatic heterocycles. The number of carbonyl (C=O) groups is 1. The molecule has 1 fully saturated rings. The Morgan fingerprint density at radius 3 is 2.87 bits per heavy atom. The van der Waals surface area contributed by atoms with Crippen molar-refractivity contribution in [2.75, 3.05) is 13.1 Å². The second kappa shape index (κ2) is 5.08. The fourth-order valence-corrected chi connectivity index (χ4v) is 2.72. The molecule has 0 aliphatic carbocycles. The number of amides is 1. The van der Waals surface area contributed by atoms with Crippen molar-refractivity contribution < 1.29 is 13.7 Å². The van der Waals surface area contributed by atoms with Gasteiger partial charge in [-0.15, -0.1) is 0 Å². The Morgan fingerprint density at radius 2 is 2.13 bits per heavy atom. The van der Waals surface area contributed by atoms with Gasteiger partial charge in [-0.2, -0.15) is 4.98 Å². The third-order valence-corrected chi connectivity index (χ3v) is 3.99. The molecule has 23 heavy (non-hydrogen) atoms. The highest BCUT2D eigenvalue weighted by Gasteiger charge is 2.35. The molecule has 3 heterocycles. The fraction of sp³-hybridized carbons (Fsp3) is 0.333. The number of nitrogens with zero attached hydrogens (tertiary/aromatic N) is 4. The number of fused-ring (bicyclic) bond motifs is 1. The van der Waals surface area contributed by atoms with Crippen molar-refractivity contribution in [3.05, 3.63) is 46.5 Å². The van der Waals surface area contributed by atoms with Crippen LogP contribution in [0.5, 0.6) is 0 Å². The zero-order valence-electron chi connectivity index (χ0n) is 12.4. The van der Waals surface area contributed by atoms with E-state index in [0.29, 0.717) is 35.9 Å². The van der Waals surface area contributed by atoms with Crippen molar-refractivity contribution in [1.82, 2.24) is 19.6 Å². The molecule has 0 unspecified atom stereocenters. The van der Waals surface area contributed by atoms with E-state index in [1.54, 1.807) is 36.1 Å². The average Bonchev–Trinajstić information content (AvgIpc) is 3.02. The lowest BCUT2D eigenvalue weighted by Crippen LogP contribution is -2.50. The number of benzene rings is 1. The predicted octanol–water partition coefficient (Wildman–Crippen LogP) is 0.912. The Hall–Kier alpha value is -2.90. The molecule has 0 N–H and O–H groups in total. The Bertz CT molecular complexity index is 932. The predicted molar refractivity (Wildman–Crippen MR) is 78.8 cm³/mol. The lowest BCUT2D eigenvalue weighted by atomic mass is 10.00. The van der Waals surface area contributed by atoms with E-state index in [9.17, 15) is 9.59 Å². The summed E-state index contributed by atoms with van der Waals surface area (Å²) in [6.07, 6.45) is 0. The molecule has 1 aliphatic rings. The van der Waals surface area contributed by atoms with Gasteiger partial charge in [-0.3, -0.25) is 9.36 Å². The maximum atomic E-state index is 12.3. The summed E-state index contributed by atoms with van der Waals surface area (Å²) < 4.78 is 11.6. The largest absolute Gasteiger partial charge is 0.420 e. The summed E-state index contributed by atoms with van der Waals surface area (Å²) in [5.41, 5.74) is 1.10. The molecular formula is C15H14N4O4. The Kier molecular flexibility index (Phi) is 3.03. The van der Waals surface area contributed by atoms with Crippen molar-refractivity contribution in [2.24, 2.45) is 0 Å². The van der Waals surface area contributed by atoms with E-state index < -0.39 is 5.76 Å². The summed E-state index contributed by atoms with van der Waals surface area (Å²) in [7, 11) is 0. The van der Waals surface area contributed by atoms with Gasteiger partial charge in [0.25, 0.3) is 0 Å². The number of para-hydroxylation sites is 2. The molecule has 0 atom stereocenters. The highest BCUT2D eigenvalue weighted by molar-refractivity contribution is 5.80. The third-order valence-electron chi connectivity index (χ3n) is 3.99. The molecule has 1 amide bonds. The SMILES string of the molecule is Cc1noc(C2CN(C(=O)Cn3c(=O)oc4ccccc43)C2)n1. The van der Waals surface area contributed by atoms with Gasteiger partial charge in [0, 0.05) is 13.1 Å². The molecule has 0 spiro atoms. The first-order chi connectivity index (χ1) is 11.1. The second-order valence-electron chi connectivity index (χ2n) is 5.60. The lowest BCUT2D eigenvalue weighted by Gasteiger charge is -2.37. The van der Waals surface area contributed by atoms with Gasteiger partial charge >= 0.3 is 5.76 Å². The minimum Gasteiger partial charge on any atom is -0.408 e. The van der Waals surface area contributed by atoms with Crippen LogP contribution < -0.4 is 5.76 Å². The van der Waals surface area contributed by atoms with Crippen LogP contribution in [0.3, 0.4) is 0 Å². The number of likely N-dealkylation sites (tertiary alicyclic amines) is 1. The van der Waals surface area contributed by atoms with E-state index in [1.165, 1.54) is 4.57 Å². The molecule has 1 saturated heterocycles. The number of aryl methyl sites for hydroxylation is 1. The monoisotopic (exact) mass is 314 g/mol. The van der Waals surface area contributed by atoms with Gasteiger partial charge in [0.2, 0.25) is 11.8 Å². The first kappa shape index (κ1) is 13.7. The van der Waals surface area contributed by atoms with Crippen molar-refractivity contribution in [3.63, 3.8) is 0 Å². The third kappa shape index (κ3) is 2.32. The number of carbonyl (C=O) groups excluding carboxylic acids is 1. The standard InChI is InChI=1S/C15H14N4O4/c1-9-16-14(23-17-9)10-6-18(7-10)13(20)8-19-11-4-2-3-5-12(11)22-15(19)21/h2-5,10H,6-8H2,1H3. The number of aromatic nitrogens is 3. The van der Waals surface area contributed by atoms with Crippen LogP contribution in [0.15, 0.2) is 38.0 Å². The summed E-state index contributed by atoms with van der Waals surface area (Å²) in [5, 5.41) is 3.75. The molecule has 4 rings (SSSR count). The maximum Gasteiger partial charge on any atom is 0.420 e. The normalized spacial score (nSPS) is 15.1. The smallest absolute Gasteiger partial charge is 0.408 e. The van der Waals surface area contributed by atoms with Gasteiger partial charge < -0.3 is 13.8 Å². The maximum absolute atomic E-state index is 12.3. The van der Waals surface area contributed by atoms with Crippen molar-refractivity contribution in [1.29, 1.82) is 0 Å². The zero-order valence-corrected chi connectivity index (χ0v) is 12.4. The van der Waals surface area contributed by atoms with Crippen LogP contribution in [0, 0.1) is 6.92 Å². The van der Waals surface area contributed by atoms with Gasteiger partial charge in [0.05, 0.1) is 11.4 Å². The number of oxazole rings is 1. The number of rotatable bonds is 3. The first-order valence-corrected chi connectivity index (χ1v) is 7.28. The van der Waals surface area contributed by atoms with Crippen LogP contribution in [0.2, 0.25) is 0 Å². The summed E-state index contributed by atoms with van der Waals surface area (Å²) in [6, 6.07) is 7.04. The van der Waals surface area contributed by atoms with E-state index >= 15 is 0 Å². The summed E-state index contributed by atoms with van der Waals surface area (Å²) in [5.74, 6) is 0.548. The van der Waals surface area contributed by atoms with Crippen LogP contribution in [-0.4, -0.2) is 38.6 Å². The van der Waals surface area contributed by atoms with Crippen LogP contribution in [-0.2, 0) is 11.3 Å². The summed E-state index contributed by atoms with van der Waals surface area (Å²) >= 11 is 0. The van der Waals surface area contributed by atoms with Crippen molar-refractivity contribution >= 4 is 17.0 Å². The number of hydrogen-bond acceptors (Lipinski definition) is 6. The molecule has 3 aromatic rings. The van der Waals surface area contributed by atoms with Gasteiger partial charge in [-0.25, -0.2) is 4.79 Å². The van der Waals surface area contributed by atoms with E-state index in [4.69, 9.17) is 8.94 Å². The Morgan fingerprint density at radius 1 is 1.35 bits per heavy atom. The Labute approximate surface area is 130 Å². The van der Waals surface area contributed by atoms with E-state index in [0.717, 1.165) is 0 Å². The van der Waals surface area contributed by atoms with Crippen LogP contribution >= 0.6 is 0 Å². The molecule has 0 bridgehead atoms.